The maximum Gasteiger partial charge on any atom is 0.416 e. The number of halogens is 3. The third kappa shape index (κ3) is 3.28. The number of aliphatic hydroxyl groups excluding tert-OH is 1. The van der Waals surface area contributed by atoms with Crippen molar-refractivity contribution in [1.29, 1.82) is 0 Å². The number of hydrogen-bond acceptors (Lipinski definition) is 3. The van der Waals surface area contributed by atoms with E-state index >= 15 is 0 Å². The predicted octanol–water partition coefficient (Wildman–Crippen LogP) is 0.933. The Labute approximate surface area is 82.7 Å². The highest BCUT2D eigenvalue weighted by atomic mass is 19.4. The molecule has 0 radical (unpaired) electrons. The smallest absolute Gasteiger partial charge is 0.416 e. The van der Waals surface area contributed by atoms with E-state index in [4.69, 9.17) is 5.11 Å². The van der Waals surface area contributed by atoms with Gasteiger partial charge in [0, 0.05) is 0 Å². The molecule has 1 amide bonds. The molecule has 0 aliphatic heterocycles. The molecule has 0 saturated carbocycles. The van der Waals surface area contributed by atoms with Crippen LogP contribution in [0.4, 0.5) is 13.2 Å². The lowest BCUT2D eigenvalue weighted by atomic mass is 10.3. The Bertz CT molecular complexity index is 320. The lowest BCUT2D eigenvalue weighted by molar-refractivity contribution is -0.201. The first kappa shape index (κ1) is 11.6. The largest absolute Gasteiger partial charge is 0.459 e. The van der Waals surface area contributed by atoms with E-state index in [0.29, 0.717) is 0 Å². The summed E-state index contributed by atoms with van der Waals surface area (Å²) < 4.78 is 40.1. The fourth-order valence-corrected chi connectivity index (χ4v) is 0.800. The molecule has 7 heteroatoms. The molecule has 0 aliphatic carbocycles. The predicted molar refractivity (Wildman–Crippen MR) is 43.1 cm³/mol. The number of amides is 1. The highest BCUT2D eigenvalue weighted by Gasteiger charge is 2.38. The van der Waals surface area contributed by atoms with Gasteiger partial charge in [0.2, 0.25) is 0 Å². The summed E-state index contributed by atoms with van der Waals surface area (Å²) in [4.78, 5) is 11.1. The lowest BCUT2D eigenvalue weighted by Crippen LogP contribution is -2.40. The Morgan fingerprint density at radius 1 is 1.60 bits per heavy atom. The molecule has 1 aromatic heterocycles. The van der Waals surface area contributed by atoms with Crippen molar-refractivity contribution in [3.8, 4) is 0 Å². The van der Waals surface area contributed by atoms with Gasteiger partial charge < -0.3 is 14.8 Å². The summed E-state index contributed by atoms with van der Waals surface area (Å²) in [6.45, 7) is -0.900. The number of carbonyl (C=O) groups excluding carboxylic acids is 1. The van der Waals surface area contributed by atoms with Crippen molar-refractivity contribution in [2.24, 2.45) is 0 Å². The van der Waals surface area contributed by atoms with Gasteiger partial charge >= 0.3 is 6.18 Å². The van der Waals surface area contributed by atoms with Crippen LogP contribution in [0.25, 0.3) is 0 Å². The van der Waals surface area contributed by atoms with Crippen molar-refractivity contribution in [2.75, 3.05) is 6.54 Å². The molecule has 0 fully saturated rings. The van der Waals surface area contributed by atoms with E-state index in [-0.39, 0.29) is 5.76 Å². The minimum Gasteiger partial charge on any atom is -0.459 e. The zero-order valence-corrected chi connectivity index (χ0v) is 7.41. The Balaban J connectivity index is 2.42. The molecule has 0 saturated heterocycles. The lowest BCUT2D eigenvalue weighted by Gasteiger charge is -2.14. The summed E-state index contributed by atoms with van der Waals surface area (Å²) in [6.07, 6.45) is -6.10. The minimum absolute atomic E-state index is 0.107. The summed E-state index contributed by atoms with van der Waals surface area (Å²) >= 11 is 0. The van der Waals surface area contributed by atoms with Crippen molar-refractivity contribution in [1.82, 2.24) is 5.32 Å². The fourth-order valence-electron chi connectivity index (χ4n) is 0.800. The van der Waals surface area contributed by atoms with Crippen LogP contribution in [0.15, 0.2) is 22.8 Å². The number of rotatable bonds is 3. The molecule has 1 atom stereocenters. The van der Waals surface area contributed by atoms with Crippen molar-refractivity contribution in [2.45, 2.75) is 12.3 Å². The maximum atomic E-state index is 11.8. The standard InChI is InChI=1S/C8H8F3NO3/c9-8(10,11)6(13)4-12-7(14)5-2-1-3-15-5/h1-3,6,13H,4H2,(H,12,14). The fraction of sp³-hybridized carbons (Fsp3) is 0.375. The van der Waals surface area contributed by atoms with Gasteiger partial charge in [0.1, 0.15) is 0 Å². The zero-order chi connectivity index (χ0) is 11.5. The van der Waals surface area contributed by atoms with Gasteiger partial charge in [0.05, 0.1) is 12.8 Å². The second-order valence-corrected chi connectivity index (χ2v) is 2.74. The van der Waals surface area contributed by atoms with Gasteiger partial charge in [-0.05, 0) is 12.1 Å². The molecule has 1 unspecified atom stereocenters. The molecular weight excluding hydrogens is 215 g/mol. The van der Waals surface area contributed by atoms with E-state index in [0.717, 1.165) is 0 Å². The van der Waals surface area contributed by atoms with E-state index in [1.807, 2.05) is 5.32 Å². The average molecular weight is 223 g/mol. The first-order valence-electron chi connectivity index (χ1n) is 3.97. The van der Waals surface area contributed by atoms with E-state index in [1.54, 1.807) is 0 Å². The number of aliphatic hydroxyl groups is 1. The van der Waals surface area contributed by atoms with Gasteiger partial charge in [-0.3, -0.25) is 4.79 Å². The maximum absolute atomic E-state index is 11.8. The minimum atomic E-state index is -4.74. The number of alkyl halides is 3. The van der Waals surface area contributed by atoms with Gasteiger partial charge in [-0.2, -0.15) is 13.2 Å². The van der Waals surface area contributed by atoms with Crippen LogP contribution in [0.3, 0.4) is 0 Å². The van der Waals surface area contributed by atoms with Crippen molar-refractivity contribution in [3.63, 3.8) is 0 Å². The van der Waals surface area contributed by atoms with Crippen molar-refractivity contribution < 1.29 is 27.5 Å². The summed E-state index contributed by atoms with van der Waals surface area (Å²) in [6, 6.07) is 2.73. The molecule has 15 heavy (non-hydrogen) atoms. The van der Waals surface area contributed by atoms with Crippen LogP contribution in [0.1, 0.15) is 10.6 Å². The molecule has 1 rings (SSSR count). The topological polar surface area (TPSA) is 62.5 Å². The Morgan fingerprint density at radius 3 is 2.73 bits per heavy atom. The van der Waals surface area contributed by atoms with Crippen molar-refractivity contribution in [3.05, 3.63) is 24.2 Å². The molecule has 1 aromatic rings. The second-order valence-electron chi connectivity index (χ2n) is 2.74. The third-order valence-electron chi connectivity index (χ3n) is 1.58. The highest BCUT2D eigenvalue weighted by Crippen LogP contribution is 2.19. The summed E-state index contributed by atoms with van der Waals surface area (Å²) in [5.41, 5.74) is 0. The second kappa shape index (κ2) is 4.35. The van der Waals surface area contributed by atoms with Crippen LogP contribution >= 0.6 is 0 Å². The molecule has 4 nitrogen and oxygen atoms in total. The van der Waals surface area contributed by atoms with Crippen LogP contribution in [0.5, 0.6) is 0 Å². The van der Waals surface area contributed by atoms with E-state index in [9.17, 15) is 18.0 Å². The highest BCUT2D eigenvalue weighted by molar-refractivity contribution is 5.91. The van der Waals surface area contributed by atoms with E-state index < -0.39 is 24.7 Å². The molecule has 0 spiro atoms. The van der Waals surface area contributed by atoms with Crippen molar-refractivity contribution >= 4 is 5.91 Å². The molecule has 0 aromatic carbocycles. The molecule has 0 aliphatic rings. The van der Waals surface area contributed by atoms with Gasteiger partial charge in [0.15, 0.2) is 11.9 Å². The quantitative estimate of drug-likeness (QED) is 0.801. The van der Waals surface area contributed by atoms with Crippen LogP contribution < -0.4 is 5.32 Å². The summed E-state index contributed by atoms with van der Waals surface area (Å²) in [5.74, 6) is -0.910. The molecule has 84 valence electrons. The van der Waals surface area contributed by atoms with Crippen LogP contribution in [-0.2, 0) is 0 Å². The van der Waals surface area contributed by atoms with Crippen LogP contribution in [0, 0.1) is 0 Å². The van der Waals surface area contributed by atoms with E-state index in [2.05, 4.69) is 4.42 Å². The molecular formula is C8H8F3NO3. The van der Waals surface area contributed by atoms with Gasteiger partial charge in [-0.25, -0.2) is 0 Å². The summed E-state index contributed by atoms with van der Waals surface area (Å²) in [5, 5.41) is 10.5. The number of furan rings is 1. The number of nitrogens with one attached hydrogen (secondary N) is 1. The average Bonchev–Trinajstić information content (AvgIpc) is 2.64. The first-order valence-corrected chi connectivity index (χ1v) is 3.97. The monoisotopic (exact) mass is 223 g/mol. The van der Waals surface area contributed by atoms with Gasteiger partial charge in [-0.1, -0.05) is 0 Å². The normalized spacial score (nSPS) is 13.6. The SMILES string of the molecule is O=C(NCC(O)C(F)(F)F)c1ccco1. The third-order valence-corrected chi connectivity index (χ3v) is 1.58. The van der Waals surface area contributed by atoms with Gasteiger partial charge in [0.25, 0.3) is 5.91 Å². The number of carbonyl (C=O) groups is 1. The molecule has 0 bridgehead atoms. The molecule has 1 heterocycles. The van der Waals surface area contributed by atoms with Crippen LogP contribution in [-0.4, -0.2) is 29.8 Å². The Kier molecular flexibility index (Phi) is 3.35. The van der Waals surface area contributed by atoms with Gasteiger partial charge in [-0.15, -0.1) is 0 Å². The van der Waals surface area contributed by atoms with Crippen LogP contribution in [0.2, 0.25) is 0 Å². The first-order chi connectivity index (χ1) is 6.91. The Morgan fingerprint density at radius 2 is 2.27 bits per heavy atom. The summed E-state index contributed by atoms with van der Waals surface area (Å²) in [7, 11) is 0. The van der Waals surface area contributed by atoms with E-state index in [1.165, 1.54) is 18.4 Å². The Hall–Kier alpha value is -1.50. The number of hydrogen-bond donors (Lipinski definition) is 2. The molecule has 2 N–H and O–H groups in total. The zero-order valence-electron chi connectivity index (χ0n) is 7.41.